The van der Waals surface area contributed by atoms with Gasteiger partial charge in [0.2, 0.25) is 11.9 Å². The van der Waals surface area contributed by atoms with E-state index in [1.807, 2.05) is 36.4 Å². The van der Waals surface area contributed by atoms with Crippen molar-refractivity contribution >= 4 is 25.5 Å². The maximum absolute atomic E-state index is 13.5. The first-order valence-corrected chi connectivity index (χ1v) is 16.0. The summed E-state index contributed by atoms with van der Waals surface area (Å²) in [5.74, 6) is 0.546. The number of terminal acetylenes is 1. The minimum Gasteiger partial charge on any atom is -0.473 e. The maximum atomic E-state index is 13.5. The molecular weight excluding hydrogens is 537 g/mol. The molecule has 2 aromatic carbocycles. The molecule has 1 aliphatic rings. The Morgan fingerprint density at radius 1 is 1.12 bits per heavy atom. The van der Waals surface area contributed by atoms with Gasteiger partial charge in [-0.25, -0.2) is 18.7 Å². The standard InChI is InChI=1S/C30H33F2N4OP.C3H8/c1-7-20-10-11-23(15-28(20)37-38(6)9-3)24-17-33-29(34-18-24)36-26-13-12-22(14-21(26)8-2)19(4)35-27-16-25(27)30(5,31)32;1-3-2/h1,10-15,17-18,25,27,35H,4,8-9,16H2,2-3,5-6H3,(H,33,34,36);3H2,1-2H3/t25?,27?,38-;/m0./s1. The highest BCUT2D eigenvalue weighted by Crippen LogP contribution is 2.44. The van der Waals surface area contributed by atoms with Gasteiger partial charge in [0.15, 0.2) is 0 Å². The summed E-state index contributed by atoms with van der Waals surface area (Å²) < 4.78 is 33.1. The van der Waals surface area contributed by atoms with Gasteiger partial charge in [0.25, 0.3) is 0 Å². The first-order chi connectivity index (χ1) is 19.5. The highest BCUT2D eigenvalue weighted by Gasteiger charge is 2.51. The average molecular weight is 579 g/mol. The van der Waals surface area contributed by atoms with Crippen LogP contribution in [0.1, 0.15) is 64.2 Å². The zero-order valence-electron chi connectivity index (χ0n) is 24.9. The van der Waals surface area contributed by atoms with Crippen molar-refractivity contribution in [3.63, 3.8) is 0 Å². The number of benzene rings is 2. The van der Waals surface area contributed by atoms with E-state index < -0.39 is 20.0 Å². The van der Waals surface area contributed by atoms with Crippen LogP contribution >= 0.6 is 8.15 Å². The average Bonchev–Trinajstić information content (AvgIpc) is 3.74. The number of aryl methyl sites for hydroxylation is 1. The Hall–Kier alpha value is -3.49. The third-order valence-electron chi connectivity index (χ3n) is 6.70. The van der Waals surface area contributed by atoms with Crippen molar-refractivity contribution in [2.75, 3.05) is 18.1 Å². The molecule has 1 heterocycles. The quantitative estimate of drug-likeness (QED) is 0.176. The smallest absolute Gasteiger partial charge is 0.250 e. The molecule has 4 rings (SSSR count). The van der Waals surface area contributed by atoms with Crippen molar-refractivity contribution in [2.45, 2.75) is 65.8 Å². The van der Waals surface area contributed by atoms with E-state index in [2.05, 4.69) is 67.5 Å². The van der Waals surface area contributed by atoms with E-state index in [1.165, 1.54) is 6.42 Å². The second-order valence-electron chi connectivity index (χ2n) is 10.3. The molecule has 41 heavy (non-hydrogen) atoms. The molecule has 0 saturated heterocycles. The van der Waals surface area contributed by atoms with Crippen molar-refractivity contribution < 1.29 is 13.3 Å². The second kappa shape index (κ2) is 14.4. The number of aromatic nitrogens is 2. The zero-order chi connectivity index (χ0) is 30.2. The summed E-state index contributed by atoms with van der Waals surface area (Å²) in [6.07, 6.45) is 12.6. The third-order valence-corrected chi connectivity index (χ3v) is 8.10. The molecule has 1 fully saturated rings. The lowest BCUT2D eigenvalue weighted by Crippen LogP contribution is -2.23. The van der Waals surface area contributed by atoms with E-state index in [0.717, 1.165) is 53.0 Å². The van der Waals surface area contributed by atoms with Crippen LogP contribution in [-0.2, 0) is 6.42 Å². The predicted octanol–water partition coefficient (Wildman–Crippen LogP) is 8.88. The van der Waals surface area contributed by atoms with Crippen molar-refractivity contribution in [2.24, 2.45) is 5.92 Å². The Bertz CT molecular complexity index is 1370. The lowest BCUT2D eigenvalue weighted by Gasteiger charge is -2.16. The van der Waals surface area contributed by atoms with Crippen LogP contribution in [0.15, 0.2) is 55.4 Å². The molecule has 218 valence electrons. The van der Waals surface area contributed by atoms with E-state index >= 15 is 0 Å². The fraction of sp³-hybridized carbons (Fsp3) is 0.394. The summed E-state index contributed by atoms with van der Waals surface area (Å²) in [4.78, 5) is 9.02. The van der Waals surface area contributed by atoms with Gasteiger partial charge in [0.05, 0.1) is 13.7 Å². The summed E-state index contributed by atoms with van der Waals surface area (Å²) in [5.41, 5.74) is 5.96. The molecule has 1 saturated carbocycles. The van der Waals surface area contributed by atoms with Crippen molar-refractivity contribution in [3.8, 4) is 29.2 Å². The molecule has 2 N–H and O–H groups in total. The molecule has 3 atom stereocenters. The number of nitrogens with zero attached hydrogens (tertiary/aromatic N) is 2. The number of alkyl halides is 2. The van der Waals surface area contributed by atoms with Crippen LogP contribution in [0.3, 0.4) is 0 Å². The highest BCUT2D eigenvalue weighted by atomic mass is 31.1. The molecule has 0 radical (unpaired) electrons. The van der Waals surface area contributed by atoms with Crippen molar-refractivity contribution in [1.29, 1.82) is 0 Å². The summed E-state index contributed by atoms with van der Waals surface area (Å²) in [7, 11) is -0.588. The van der Waals surface area contributed by atoms with Crippen LogP contribution in [0.5, 0.6) is 5.75 Å². The summed E-state index contributed by atoms with van der Waals surface area (Å²) >= 11 is 0. The monoisotopic (exact) mass is 578 g/mol. The molecule has 0 spiro atoms. The lowest BCUT2D eigenvalue weighted by atomic mass is 10.0. The van der Waals surface area contributed by atoms with E-state index in [0.29, 0.717) is 23.8 Å². The van der Waals surface area contributed by atoms with Crippen molar-refractivity contribution in [3.05, 3.63) is 72.1 Å². The van der Waals surface area contributed by atoms with E-state index in [-0.39, 0.29) is 6.04 Å². The minimum absolute atomic E-state index is 0.237. The summed E-state index contributed by atoms with van der Waals surface area (Å²) in [6, 6.07) is 11.4. The van der Waals surface area contributed by atoms with E-state index in [4.69, 9.17) is 10.9 Å². The Morgan fingerprint density at radius 2 is 1.80 bits per heavy atom. The molecule has 1 aliphatic carbocycles. The topological polar surface area (TPSA) is 59.1 Å². The maximum Gasteiger partial charge on any atom is 0.250 e. The largest absolute Gasteiger partial charge is 0.473 e. The molecular formula is C33H41F2N4OP. The van der Waals surface area contributed by atoms with Gasteiger partial charge in [-0.15, -0.1) is 6.42 Å². The SMILES string of the molecule is C#Cc1ccc(-c2cnc(Nc3ccc(C(=C)NC4CC4C(C)(F)F)cc3CC)nc2)cc1O[P@@](C)CC.CCC. The predicted molar refractivity (Wildman–Crippen MR) is 169 cm³/mol. The normalized spacial score (nSPS) is 16.5. The Balaban J connectivity index is 0.00000147. The molecule has 2 unspecified atom stereocenters. The summed E-state index contributed by atoms with van der Waals surface area (Å²) in [6.45, 7) is 15.5. The van der Waals surface area contributed by atoms with Gasteiger partial charge in [-0.1, -0.05) is 58.7 Å². The molecule has 0 aliphatic heterocycles. The van der Waals surface area contributed by atoms with Crippen molar-refractivity contribution in [1.82, 2.24) is 15.3 Å². The first-order valence-electron chi connectivity index (χ1n) is 14.1. The fourth-order valence-corrected chi connectivity index (χ4v) is 4.82. The molecule has 3 aromatic rings. The third kappa shape index (κ3) is 8.75. The van der Waals surface area contributed by atoms with Gasteiger partial charge in [0, 0.05) is 41.3 Å². The van der Waals surface area contributed by atoms with Crippen LogP contribution in [0.2, 0.25) is 0 Å². The zero-order valence-corrected chi connectivity index (χ0v) is 25.8. The summed E-state index contributed by atoms with van der Waals surface area (Å²) in [5, 5.41) is 6.45. The van der Waals surface area contributed by atoms with Gasteiger partial charge in [0.1, 0.15) is 5.75 Å². The molecule has 1 aromatic heterocycles. The van der Waals surface area contributed by atoms with Crippen LogP contribution in [-0.4, -0.2) is 34.8 Å². The molecule has 5 nitrogen and oxygen atoms in total. The van der Waals surface area contributed by atoms with Crippen LogP contribution in [0.25, 0.3) is 16.8 Å². The Morgan fingerprint density at radius 3 is 2.37 bits per heavy atom. The van der Waals surface area contributed by atoms with Crippen LogP contribution < -0.4 is 15.2 Å². The number of halogens is 2. The number of nitrogens with one attached hydrogen (secondary N) is 2. The van der Waals surface area contributed by atoms with Gasteiger partial charge < -0.3 is 15.2 Å². The number of anilines is 2. The van der Waals surface area contributed by atoms with Gasteiger partial charge in [-0.3, -0.25) is 0 Å². The number of hydrogen-bond acceptors (Lipinski definition) is 5. The van der Waals surface area contributed by atoms with Gasteiger partial charge in [-0.05, 0) is 73.5 Å². The van der Waals surface area contributed by atoms with Gasteiger partial charge in [-0.2, -0.15) is 0 Å². The fourth-order valence-electron chi connectivity index (χ4n) is 4.21. The number of rotatable bonds is 11. The molecule has 0 bridgehead atoms. The molecule has 0 amide bonds. The Kier molecular flexibility index (Phi) is 11.3. The minimum atomic E-state index is -2.68. The van der Waals surface area contributed by atoms with E-state index in [9.17, 15) is 8.78 Å². The van der Waals surface area contributed by atoms with Crippen LogP contribution in [0.4, 0.5) is 20.4 Å². The highest BCUT2D eigenvalue weighted by molar-refractivity contribution is 7.52. The second-order valence-corrected chi connectivity index (χ2v) is 12.3. The number of hydrogen-bond donors (Lipinski definition) is 2. The van der Waals surface area contributed by atoms with E-state index in [1.54, 1.807) is 12.4 Å². The van der Waals surface area contributed by atoms with Crippen LogP contribution in [0, 0.1) is 18.3 Å². The first kappa shape index (κ1) is 32.0. The molecule has 8 heteroatoms. The Labute approximate surface area is 245 Å². The lowest BCUT2D eigenvalue weighted by molar-refractivity contribution is -0.00443. The van der Waals surface area contributed by atoms with Gasteiger partial charge >= 0.3 is 0 Å².